The number of rotatable bonds is 7. The molecular weight excluding hydrogens is 385 g/mol. The van der Waals surface area contributed by atoms with E-state index in [0.29, 0.717) is 5.02 Å². The molecule has 0 aliphatic heterocycles. The fraction of sp³-hybridized carbons (Fsp3) is 0.562. The number of amides is 2. The van der Waals surface area contributed by atoms with Gasteiger partial charge in [0.25, 0.3) is 0 Å². The predicted octanol–water partition coefficient (Wildman–Crippen LogP) is 3.09. The molecule has 0 bridgehead atoms. The van der Waals surface area contributed by atoms with Gasteiger partial charge in [-0.05, 0) is 53.1 Å². The summed E-state index contributed by atoms with van der Waals surface area (Å²) in [5.74, 6) is -0.201. The maximum Gasteiger partial charge on any atom is 0.318 e. The van der Waals surface area contributed by atoms with E-state index in [1.54, 1.807) is 0 Å². The van der Waals surface area contributed by atoms with Gasteiger partial charge in [0.1, 0.15) is 0 Å². The van der Waals surface area contributed by atoms with Gasteiger partial charge in [-0.1, -0.05) is 23.2 Å². The van der Waals surface area contributed by atoms with Gasteiger partial charge >= 0.3 is 6.03 Å². The first-order chi connectivity index (χ1) is 11.5. The third-order valence-electron chi connectivity index (χ3n) is 3.84. The van der Waals surface area contributed by atoms with Gasteiger partial charge in [-0.15, -0.1) is 0 Å². The molecule has 0 spiro atoms. The first-order valence-electron chi connectivity index (χ1n) is 7.87. The molecule has 142 valence electrons. The van der Waals surface area contributed by atoms with Crippen LogP contribution in [-0.2, 0) is 9.84 Å². The zero-order valence-corrected chi connectivity index (χ0v) is 17.4. The Bertz CT molecular complexity index is 709. The van der Waals surface area contributed by atoms with E-state index >= 15 is 0 Å². The third kappa shape index (κ3) is 6.33. The molecule has 6 nitrogen and oxygen atoms in total. The molecule has 0 heterocycles. The highest BCUT2D eigenvalue weighted by atomic mass is 35.5. The first-order valence-corrected chi connectivity index (χ1v) is 10.3. The Morgan fingerprint density at radius 2 is 1.76 bits per heavy atom. The van der Waals surface area contributed by atoms with Gasteiger partial charge in [0.05, 0.1) is 26.9 Å². The highest BCUT2D eigenvalue weighted by molar-refractivity contribution is 7.91. The topological polar surface area (TPSA) is 69.7 Å². The SMILES string of the molecule is CC(NC(=O)N(CCS(=O)(=O)c1ccc(Cl)c(Cl)c1)C(C)C)N(C)C. The van der Waals surface area contributed by atoms with Gasteiger partial charge in [-0.2, -0.15) is 0 Å². The summed E-state index contributed by atoms with van der Waals surface area (Å²) in [6.45, 7) is 5.60. The van der Waals surface area contributed by atoms with E-state index in [1.165, 1.54) is 23.1 Å². The number of hydrogen-bond donors (Lipinski definition) is 1. The lowest BCUT2D eigenvalue weighted by atomic mass is 10.3. The molecule has 2 amide bonds. The average molecular weight is 410 g/mol. The molecule has 0 radical (unpaired) electrons. The molecule has 25 heavy (non-hydrogen) atoms. The molecule has 0 aliphatic rings. The number of nitrogens with one attached hydrogen (secondary N) is 1. The molecule has 1 aromatic carbocycles. The minimum atomic E-state index is -3.58. The van der Waals surface area contributed by atoms with Gasteiger partial charge in [-0.25, -0.2) is 13.2 Å². The van der Waals surface area contributed by atoms with Crippen molar-refractivity contribution >= 4 is 39.1 Å². The summed E-state index contributed by atoms with van der Waals surface area (Å²) >= 11 is 11.7. The summed E-state index contributed by atoms with van der Waals surface area (Å²) in [6, 6.07) is 3.74. The summed E-state index contributed by atoms with van der Waals surface area (Å²) in [7, 11) is 0.112. The Morgan fingerprint density at radius 1 is 1.16 bits per heavy atom. The van der Waals surface area contributed by atoms with E-state index < -0.39 is 9.84 Å². The molecular formula is C16H25Cl2N3O3S. The van der Waals surface area contributed by atoms with E-state index in [9.17, 15) is 13.2 Å². The van der Waals surface area contributed by atoms with E-state index in [2.05, 4.69) is 5.32 Å². The van der Waals surface area contributed by atoms with Gasteiger partial charge in [0, 0.05) is 12.6 Å². The van der Waals surface area contributed by atoms with Crippen LogP contribution in [0.4, 0.5) is 4.79 Å². The van der Waals surface area contributed by atoms with Crippen molar-refractivity contribution in [3.63, 3.8) is 0 Å². The Morgan fingerprint density at radius 3 is 2.24 bits per heavy atom. The minimum absolute atomic E-state index is 0.0756. The Kier molecular flexibility index (Phi) is 7.99. The van der Waals surface area contributed by atoms with Crippen molar-refractivity contribution in [1.82, 2.24) is 15.1 Å². The second kappa shape index (κ2) is 9.07. The van der Waals surface area contributed by atoms with Crippen LogP contribution in [0.1, 0.15) is 20.8 Å². The molecule has 0 saturated carbocycles. The van der Waals surface area contributed by atoms with Crippen LogP contribution in [0.15, 0.2) is 23.1 Å². The highest BCUT2D eigenvalue weighted by Crippen LogP contribution is 2.25. The zero-order valence-electron chi connectivity index (χ0n) is 15.1. The van der Waals surface area contributed by atoms with Crippen molar-refractivity contribution in [1.29, 1.82) is 0 Å². The van der Waals surface area contributed by atoms with E-state index in [0.717, 1.165) is 0 Å². The lowest BCUT2D eigenvalue weighted by Crippen LogP contribution is -2.51. The number of hydrogen-bond acceptors (Lipinski definition) is 4. The van der Waals surface area contributed by atoms with Crippen LogP contribution >= 0.6 is 23.2 Å². The molecule has 0 fully saturated rings. The first kappa shape index (κ1) is 22.0. The van der Waals surface area contributed by atoms with Crippen molar-refractivity contribution in [2.45, 2.75) is 37.9 Å². The van der Waals surface area contributed by atoms with Gasteiger partial charge < -0.3 is 10.2 Å². The van der Waals surface area contributed by atoms with Crippen molar-refractivity contribution in [3.05, 3.63) is 28.2 Å². The Labute approximate surface area is 160 Å². The van der Waals surface area contributed by atoms with Crippen molar-refractivity contribution in [2.75, 3.05) is 26.4 Å². The molecule has 9 heteroatoms. The van der Waals surface area contributed by atoms with Crippen LogP contribution in [0.25, 0.3) is 0 Å². The summed E-state index contributed by atoms with van der Waals surface area (Å²) in [5, 5.41) is 3.31. The molecule has 0 aliphatic carbocycles. The van der Waals surface area contributed by atoms with E-state index in [1.807, 2.05) is 39.8 Å². The van der Waals surface area contributed by atoms with Crippen LogP contribution < -0.4 is 5.32 Å². The Balaban J connectivity index is 2.85. The predicted molar refractivity (Wildman–Crippen MR) is 102 cm³/mol. The number of benzene rings is 1. The Hall–Kier alpha value is -1.02. The smallest absolute Gasteiger partial charge is 0.318 e. The summed E-state index contributed by atoms with van der Waals surface area (Å²) in [6.07, 6.45) is -0.166. The second-order valence-corrected chi connectivity index (χ2v) is 9.19. The number of nitrogens with zero attached hydrogens (tertiary/aromatic N) is 2. The standard InChI is InChI=1S/C16H25Cl2N3O3S/c1-11(2)21(16(22)19-12(3)20(4)5)8-9-25(23,24)13-6-7-14(17)15(18)10-13/h6-7,10-12H,8-9H2,1-5H3,(H,19,22). The zero-order chi connectivity index (χ0) is 19.4. The third-order valence-corrected chi connectivity index (χ3v) is 6.27. The fourth-order valence-electron chi connectivity index (χ4n) is 1.99. The number of sulfone groups is 1. The quantitative estimate of drug-likeness (QED) is 0.702. The lowest BCUT2D eigenvalue weighted by Gasteiger charge is -2.30. The maximum atomic E-state index is 12.5. The molecule has 1 unspecified atom stereocenters. The van der Waals surface area contributed by atoms with Crippen molar-refractivity contribution < 1.29 is 13.2 Å². The second-order valence-electron chi connectivity index (χ2n) is 6.27. The molecule has 0 saturated heterocycles. The van der Waals surface area contributed by atoms with Crippen molar-refractivity contribution in [2.24, 2.45) is 0 Å². The highest BCUT2D eigenvalue weighted by Gasteiger charge is 2.23. The van der Waals surface area contributed by atoms with Gasteiger partial charge in [-0.3, -0.25) is 4.90 Å². The van der Waals surface area contributed by atoms with Crippen LogP contribution in [0, 0.1) is 0 Å². The van der Waals surface area contributed by atoms with Crippen LogP contribution in [-0.4, -0.2) is 62.8 Å². The number of urea groups is 1. The van der Waals surface area contributed by atoms with Crippen LogP contribution in [0.2, 0.25) is 10.0 Å². The maximum absolute atomic E-state index is 12.5. The molecule has 1 aromatic rings. The average Bonchev–Trinajstić information content (AvgIpc) is 2.49. The van der Waals surface area contributed by atoms with Crippen LogP contribution in [0.3, 0.4) is 0 Å². The molecule has 1 rings (SSSR count). The normalized spacial score (nSPS) is 13.2. The fourth-order valence-corrected chi connectivity index (χ4v) is 3.60. The molecule has 1 atom stereocenters. The largest absolute Gasteiger partial charge is 0.323 e. The van der Waals surface area contributed by atoms with Crippen molar-refractivity contribution in [3.8, 4) is 0 Å². The number of halogens is 2. The minimum Gasteiger partial charge on any atom is -0.323 e. The van der Waals surface area contributed by atoms with E-state index in [-0.39, 0.29) is 40.5 Å². The lowest BCUT2D eigenvalue weighted by molar-refractivity contribution is 0.169. The summed E-state index contributed by atoms with van der Waals surface area (Å²) in [4.78, 5) is 15.8. The summed E-state index contributed by atoms with van der Waals surface area (Å²) in [5.41, 5.74) is 0. The van der Waals surface area contributed by atoms with Gasteiger partial charge in [0.15, 0.2) is 9.84 Å². The van der Waals surface area contributed by atoms with Crippen LogP contribution in [0.5, 0.6) is 0 Å². The number of carbonyl (C=O) groups excluding carboxylic acids is 1. The molecule has 0 aromatic heterocycles. The van der Waals surface area contributed by atoms with E-state index in [4.69, 9.17) is 23.2 Å². The monoisotopic (exact) mass is 409 g/mol. The summed E-state index contributed by atoms with van der Waals surface area (Å²) < 4.78 is 25.0. The number of carbonyl (C=O) groups is 1. The molecule has 1 N–H and O–H groups in total. The van der Waals surface area contributed by atoms with Gasteiger partial charge in [0.2, 0.25) is 0 Å².